The molecule has 1 aliphatic rings. The SMILES string of the molecule is O=c1cc2c(n[nH]1)CCSC2. The van der Waals surface area contributed by atoms with Gasteiger partial charge < -0.3 is 0 Å². The molecule has 1 aliphatic heterocycles. The summed E-state index contributed by atoms with van der Waals surface area (Å²) in [6, 6.07) is 1.65. The van der Waals surface area contributed by atoms with Gasteiger partial charge in [0, 0.05) is 18.2 Å². The minimum absolute atomic E-state index is 0.0914. The molecule has 0 saturated carbocycles. The Hall–Kier alpha value is -0.770. The van der Waals surface area contributed by atoms with Crippen LogP contribution in [0, 0.1) is 0 Å². The lowest BCUT2D eigenvalue weighted by molar-refractivity contribution is 0.870. The zero-order valence-electron chi connectivity index (χ0n) is 5.96. The van der Waals surface area contributed by atoms with E-state index in [1.165, 1.54) is 0 Å². The van der Waals surface area contributed by atoms with Gasteiger partial charge in [0.05, 0.1) is 5.69 Å². The van der Waals surface area contributed by atoms with E-state index in [0.717, 1.165) is 29.2 Å². The predicted molar refractivity (Wildman–Crippen MR) is 44.7 cm³/mol. The first-order valence-corrected chi connectivity index (χ1v) is 4.67. The number of H-pyrrole nitrogens is 1. The summed E-state index contributed by atoms with van der Waals surface area (Å²) in [5.41, 5.74) is 2.07. The molecule has 0 aromatic carbocycles. The largest absolute Gasteiger partial charge is 0.268 e. The second kappa shape index (κ2) is 2.70. The van der Waals surface area contributed by atoms with Crippen molar-refractivity contribution in [3.05, 3.63) is 27.7 Å². The summed E-state index contributed by atoms with van der Waals surface area (Å²) in [5.74, 6) is 2.05. The van der Waals surface area contributed by atoms with Crippen LogP contribution in [0.4, 0.5) is 0 Å². The fourth-order valence-electron chi connectivity index (χ4n) is 1.16. The summed E-state index contributed by atoms with van der Waals surface area (Å²) < 4.78 is 0. The summed E-state index contributed by atoms with van der Waals surface area (Å²) in [6.07, 6.45) is 0.983. The van der Waals surface area contributed by atoms with Crippen LogP contribution < -0.4 is 5.56 Å². The number of hydrogen-bond acceptors (Lipinski definition) is 3. The highest BCUT2D eigenvalue weighted by molar-refractivity contribution is 7.98. The van der Waals surface area contributed by atoms with Gasteiger partial charge in [-0.15, -0.1) is 0 Å². The molecule has 0 bridgehead atoms. The lowest BCUT2D eigenvalue weighted by Gasteiger charge is -2.11. The molecule has 0 spiro atoms. The molecule has 58 valence electrons. The molecule has 0 fully saturated rings. The highest BCUT2D eigenvalue weighted by Crippen LogP contribution is 2.20. The van der Waals surface area contributed by atoms with Crippen molar-refractivity contribution in [2.45, 2.75) is 12.2 Å². The van der Waals surface area contributed by atoms with E-state index in [-0.39, 0.29) is 5.56 Å². The quantitative estimate of drug-likeness (QED) is 0.615. The van der Waals surface area contributed by atoms with Gasteiger partial charge in [-0.25, -0.2) is 5.10 Å². The molecule has 1 N–H and O–H groups in total. The molecule has 2 rings (SSSR count). The topological polar surface area (TPSA) is 45.8 Å². The lowest BCUT2D eigenvalue weighted by atomic mass is 10.2. The third-order valence-electron chi connectivity index (χ3n) is 1.72. The number of aryl methyl sites for hydroxylation is 1. The summed E-state index contributed by atoms with van der Waals surface area (Å²) in [7, 11) is 0. The van der Waals surface area contributed by atoms with Gasteiger partial charge in [-0.05, 0) is 11.3 Å². The van der Waals surface area contributed by atoms with Gasteiger partial charge in [0.1, 0.15) is 0 Å². The van der Waals surface area contributed by atoms with Crippen LogP contribution in [0.2, 0.25) is 0 Å². The Kier molecular flexibility index (Phi) is 1.69. The summed E-state index contributed by atoms with van der Waals surface area (Å²) in [6.45, 7) is 0. The number of nitrogens with zero attached hydrogens (tertiary/aromatic N) is 1. The highest BCUT2D eigenvalue weighted by Gasteiger charge is 2.10. The molecule has 0 radical (unpaired) electrons. The standard InChI is InChI=1S/C7H8N2OS/c10-7-3-5-4-11-2-1-6(5)8-9-7/h3H,1-2,4H2,(H,9,10). The first kappa shape index (κ1) is 6.91. The summed E-state index contributed by atoms with van der Waals surface area (Å²) in [5, 5.41) is 6.41. The number of fused-ring (bicyclic) bond motifs is 1. The van der Waals surface area contributed by atoms with Gasteiger partial charge in [0.2, 0.25) is 0 Å². The van der Waals surface area contributed by atoms with Crippen molar-refractivity contribution in [2.24, 2.45) is 0 Å². The molecule has 11 heavy (non-hydrogen) atoms. The molecular weight excluding hydrogens is 160 g/mol. The van der Waals surface area contributed by atoms with Gasteiger partial charge in [-0.1, -0.05) is 0 Å². The smallest absolute Gasteiger partial charge is 0.264 e. The molecule has 1 aromatic heterocycles. The predicted octanol–water partition coefficient (Wildman–Crippen LogP) is 0.559. The minimum Gasteiger partial charge on any atom is -0.268 e. The fourth-order valence-corrected chi connectivity index (χ4v) is 2.11. The van der Waals surface area contributed by atoms with Crippen molar-refractivity contribution in [3.8, 4) is 0 Å². The van der Waals surface area contributed by atoms with Crippen LogP contribution in [-0.2, 0) is 12.2 Å². The molecule has 1 aromatic rings. The highest BCUT2D eigenvalue weighted by atomic mass is 32.2. The third-order valence-corrected chi connectivity index (χ3v) is 2.73. The van der Waals surface area contributed by atoms with Gasteiger partial charge in [0.25, 0.3) is 5.56 Å². The number of rotatable bonds is 0. The van der Waals surface area contributed by atoms with Crippen LogP contribution in [0.15, 0.2) is 10.9 Å². The van der Waals surface area contributed by atoms with Crippen LogP contribution in [0.3, 0.4) is 0 Å². The molecule has 0 amide bonds. The Labute approximate surface area is 68.2 Å². The molecule has 0 saturated heterocycles. The molecule has 4 heteroatoms. The monoisotopic (exact) mass is 168 g/mol. The first-order chi connectivity index (χ1) is 5.36. The number of nitrogens with one attached hydrogen (secondary N) is 1. The minimum atomic E-state index is -0.0914. The first-order valence-electron chi connectivity index (χ1n) is 3.51. The van der Waals surface area contributed by atoms with E-state index in [4.69, 9.17) is 0 Å². The third kappa shape index (κ3) is 1.30. The maximum atomic E-state index is 10.8. The van der Waals surface area contributed by atoms with E-state index < -0.39 is 0 Å². The van der Waals surface area contributed by atoms with Crippen LogP contribution in [0.1, 0.15) is 11.3 Å². The van der Waals surface area contributed by atoms with Crippen LogP contribution >= 0.6 is 11.8 Å². The maximum Gasteiger partial charge on any atom is 0.264 e. The van der Waals surface area contributed by atoms with Crippen molar-refractivity contribution in [1.29, 1.82) is 0 Å². The number of aromatic amines is 1. The number of aromatic nitrogens is 2. The van der Waals surface area contributed by atoms with Crippen molar-refractivity contribution < 1.29 is 0 Å². The normalized spacial score (nSPS) is 16.0. The molecule has 2 heterocycles. The van der Waals surface area contributed by atoms with E-state index in [9.17, 15) is 4.79 Å². The summed E-state index contributed by atoms with van der Waals surface area (Å²) in [4.78, 5) is 10.8. The molecule has 3 nitrogen and oxygen atoms in total. The Morgan fingerprint density at radius 1 is 1.64 bits per heavy atom. The second-order valence-electron chi connectivity index (χ2n) is 2.51. The lowest BCUT2D eigenvalue weighted by Crippen LogP contribution is -2.14. The Bertz CT molecular complexity index is 320. The van der Waals surface area contributed by atoms with E-state index in [2.05, 4.69) is 10.2 Å². The summed E-state index contributed by atoms with van der Waals surface area (Å²) >= 11 is 1.85. The Morgan fingerprint density at radius 3 is 3.45 bits per heavy atom. The molecular formula is C7H8N2OS. The van der Waals surface area contributed by atoms with Gasteiger partial charge >= 0.3 is 0 Å². The van der Waals surface area contributed by atoms with E-state index in [1.807, 2.05) is 11.8 Å². The number of thioether (sulfide) groups is 1. The zero-order chi connectivity index (χ0) is 7.68. The van der Waals surface area contributed by atoms with E-state index in [0.29, 0.717) is 0 Å². The average Bonchev–Trinajstić information content (AvgIpc) is 2.04. The maximum absolute atomic E-state index is 10.8. The van der Waals surface area contributed by atoms with E-state index >= 15 is 0 Å². The zero-order valence-corrected chi connectivity index (χ0v) is 6.78. The molecule has 0 aliphatic carbocycles. The van der Waals surface area contributed by atoms with Crippen molar-refractivity contribution >= 4 is 11.8 Å². The van der Waals surface area contributed by atoms with Crippen molar-refractivity contribution in [3.63, 3.8) is 0 Å². The number of hydrogen-bond donors (Lipinski definition) is 1. The Morgan fingerprint density at radius 2 is 2.55 bits per heavy atom. The average molecular weight is 168 g/mol. The second-order valence-corrected chi connectivity index (χ2v) is 3.61. The van der Waals surface area contributed by atoms with Crippen LogP contribution in [0.25, 0.3) is 0 Å². The van der Waals surface area contributed by atoms with Gasteiger partial charge in [-0.2, -0.15) is 16.9 Å². The van der Waals surface area contributed by atoms with Gasteiger partial charge in [-0.3, -0.25) is 4.79 Å². The molecule has 0 atom stereocenters. The van der Waals surface area contributed by atoms with Crippen LogP contribution in [-0.4, -0.2) is 16.0 Å². The Balaban J connectivity index is 2.51. The van der Waals surface area contributed by atoms with Crippen molar-refractivity contribution in [2.75, 3.05) is 5.75 Å². The van der Waals surface area contributed by atoms with Crippen molar-refractivity contribution in [1.82, 2.24) is 10.2 Å². The van der Waals surface area contributed by atoms with Crippen LogP contribution in [0.5, 0.6) is 0 Å². The van der Waals surface area contributed by atoms with E-state index in [1.54, 1.807) is 6.07 Å². The molecule has 0 unspecified atom stereocenters. The van der Waals surface area contributed by atoms with Gasteiger partial charge in [0.15, 0.2) is 0 Å². The fraction of sp³-hybridized carbons (Fsp3) is 0.429.